The minimum Gasteiger partial charge on any atom is -0.491 e. The second-order valence-corrected chi connectivity index (χ2v) is 3.97. The number of rotatable bonds is 7. The fraction of sp³-hybridized carbons (Fsp3) is 0.462. The summed E-state index contributed by atoms with van der Waals surface area (Å²) in [5.41, 5.74) is 6.64. The summed E-state index contributed by atoms with van der Waals surface area (Å²) in [5, 5.41) is 2.69. The Kier molecular flexibility index (Phi) is 8.95. The standard InChI is InChI=1S/C13H20N2O3.ClH/c1-10-5-3-4-6-12(10)18-8-7-15-13(16)11(14)9-17-2;/h3-6,11H,7-9,14H2,1-2H3,(H,15,16);1H. The average molecular weight is 289 g/mol. The highest BCUT2D eigenvalue weighted by atomic mass is 35.5. The van der Waals surface area contributed by atoms with Crippen molar-refractivity contribution < 1.29 is 14.3 Å². The fourth-order valence-corrected chi connectivity index (χ4v) is 1.44. The van der Waals surface area contributed by atoms with Gasteiger partial charge in [-0.2, -0.15) is 0 Å². The van der Waals surface area contributed by atoms with Crippen molar-refractivity contribution in [3.63, 3.8) is 0 Å². The van der Waals surface area contributed by atoms with Gasteiger partial charge in [0.15, 0.2) is 0 Å². The lowest BCUT2D eigenvalue weighted by Crippen LogP contribution is -2.44. The molecule has 19 heavy (non-hydrogen) atoms. The van der Waals surface area contributed by atoms with Gasteiger partial charge in [0, 0.05) is 7.11 Å². The predicted molar refractivity (Wildman–Crippen MR) is 76.8 cm³/mol. The maximum atomic E-state index is 11.4. The molecule has 1 aromatic rings. The van der Waals surface area contributed by atoms with Gasteiger partial charge >= 0.3 is 0 Å². The maximum absolute atomic E-state index is 11.4. The average Bonchev–Trinajstić information content (AvgIpc) is 2.36. The van der Waals surface area contributed by atoms with Crippen molar-refractivity contribution in [2.75, 3.05) is 26.9 Å². The van der Waals surface area contributed by atoms with Crippen LogP contribution in [0.2, 0.25) is 0 Å². The largest absolute Gasteiger partial charge is 0.491 e. The Morgan fingerprint density at radius 2 is 2.11 bits per heavy atom. The van der Waals surface area contributed by atoms with Crippen molar-refractivity contribution in [3.8, 4) is 5.75 Å². The summed E-state index contributed by atoms with van der Waals surface area (Å²) < 4.78 is 10.3. The molecule has 0 fully saturated rings. The van der Waals surface area contributed by atoms with Gasteiger partial charge in [-0.3, -0.25) is 4.79 Å². The van der Waals surface area contributed by atoms with Gasteiger partial charge < -0.3 is 20.5 Å². The van der Waals surface area contributed by atoms with Crippen LogP contribution in [0.25, 0.3) is 0 Å². The first kappa shape index (κ1) is 17.7. The summed E-state index contributed by atoms with van der Waals surface area (Å²) in [5.74, 6) is 0.596. The third-order valence-electron chi connectivity index (χ3n) is 2.44. The number of nitrogens with one attached hydrogen (secondary N) is 1. The van der Waals surface area contributed by atoms with Gasteiger partial charge in [0.2, 0.25) is 5.91 Å². The van der Waals surface area contributed by atoms with E-state index in [0.29, 0.717) is 13.2 Å². The van der Waals surface area contributed by atoms with Crippen LogP contribution in [0.15, 0.2) is 24.3 Å². The molecule has 1 amide bonds. The SMILES string of the molecule is COCC(N)C(=O)NCCOc1ccccc1C.Cl. The molecule has 1 aromatic carbocycles. The number of hydrogen-bond acceptors (Lipinski definition) is 4. The molecule has 0 aromatic heterocycles. The summed E-state index contributed by atoms with van der Waals surface area (Å²) >= 11 is 0. The number of halogens is 1. The summed E-state index contributed by atoms with van der Waals surface area (Å²) in [6.45, 7) is 3.02. The Morgan fingerprint density at radius 1 is 1.42 bits per heavy atom. The van der Waals surface area contributed by atoms with Crippen LogP contribution in [0.3, 0.4) is 0 Å². The monoisotopic (exact) mass is 288 g/mol. The number of amides is 1. The zero-order valence-electron chi connectivity index (χ0n) is 11.2. The molecule has 1 unspecified atom stereocenters. The van der Waals surface area contributed by atoms with Crippen molar-refractivity contribution in [3.05, 3.63) is 29.8 Å². The third-order valence-corrected chi connectivity index (χ3v) is 2.44. The zero-order chi connectivity index (χ0) is 13.4. The molecule has 0 aliphatic carbocycles. The highest BCUT2D eigenvalue weighted by molar-refractivity contribution is 5.85. The van der Waals surface area contributed by atoms with E-state index in [-0.39, 0.29) is 24.9 Å². The number of para-hydroxylation sites is 1. The van der Waals surface area contributed by atoms with E-state index < -0.39 is 6.04 Å². The Hall–Kier alpha value is -1.30. The van der Waals surface area contributed by atoms with Crippen LogP contribution in [0, 0.1) is 6.92 Å². The van der Waals surface area contributed by atoms with Gasteiger partial charge in [-0.25, -0.2) is 0 Å². The van der Waals surface area contributed by atoms with E-state index in [2.05, 4.69) is 5.32 Å². The normalized spacial score (nSPS) is 11.3. The smallest absolute Gasteiger partial charge is 0.239 e. The van der Waals surface area contributed by atoms with Crippen LogP contribution < -0.4 is 15.8 Å². The molecule has 0 aliphatic rings. The maximum Gasteiger partial charge on any atom is 0.239 e. The minimum atomic E-state index is -0.631. The molecule has 0 spiro atoms. The molecule has 1 rings (SSSR count). The first-order valence-corrected chi connectivity index (χ1v) is 5.86. The zero-order valence-corrected chi connectivity index (χ0v) is 12.0. The van der Waals surface area contributed by atoms with Gasteiger partial charge in [0.25, 0.3) is 0 Å². The second kappa shape index (κ2) is 9.61. The lowest BCUT2D eigenvalue weighted by Gasteiger charge is -2.12. The predicted octanol–water partition coefficient (Wildman–Crippen LogP) is 0.886. The number of methoxy groups -OCH3 is 1. The highest BCUT2D eigenvalue weighted by Crippen LogP contribution is 2.15. The molecule has 0 saturated heterocycles. The van der Waals surface area contributed by atoms with E-state index in [4.69, 9.17) is 15.2 Å². The first-order valence-electron chi connectivity index (χ1n) is 5.86. The van der Waals surface area contributed by atoms with Crippen molar-refractivity contribution in [1.82, 2.24) is 5.32 Å². The van der Waals surface area contributed by atoms with Gasteiger partial charge in [-0.1, -0.05) is 18.2 Å². The summed E-state index contributed by atoms with van der Waals surface area (Å²) in [7, 11) is 1.51. The van der Waals surface area contributed by atoms with Crippen molar-refractivity contribution >= 4 is 18.3 Å². The molecule has 0 bridgehead atoms. The number of carbonyl (C=O) groups is 1. The van der Waals surface area contributed by atoms with Crippen LogP contribution in [-0.4, -0.2) is 38.8 Å². The van der Waals surface area contributed by atoms with E-state index in [0.717, 1.165) is 11.3 Å². The molecule has 5 nitrogen and oxygen atoms in total. The summed E-state index contributed by atoms with van der Waals surface area (Å²) in [6.07, 6.45) is 0. The molecule has 0 saturated carbocycles. The molecule has 6 heteroatoms. The van der Waals surface area contributed by atoms with Crippen LogP contribution in [0.5, 0.6) is 5.75 Å². The Labute approximate surface area is 119 Å². The van der Waals surface area contributed by atoms with Crippen molar-refractivity contribution in [1.29, 1.82) is 0 Å². The van der Waals surface area contributed by atoms with Gasteiger partial charge in [-0.15, -0.1) is 12.4 Å². The number of benzene rings is 1. The van der Waals surface area contributed by atoms with Crippen LogP contribution in [0.4, 0.5) is 0 Å². The van der Waals surface area contributed by atoms with Crippen LogP contribution in [0.1, 0.15) is 5.56 Å². The quantitative estimate of drug-likeness (QED) is 0.731. The van der Waals surface area contributed by atoms with Crippen molar-refractivity contribution in [2.45, 2.75) is 13.0 Å². The molecule has 108 valence electrons. The molecular weight excluding hydrogens is 268 g/mol. The molecule has 0 aliphatic heterocycles. The fourth-order valence-electron chi connectivity index (χ4n) is 1.44. The van der Waals surface area contributed by atoms with E-state index in [1.54, 1.807) is 0 Å². The first-order chi connectivity index (χ1) is 8.65. The number of nitrogens with two attached hydrogens (primary N) is 1. The number of hydrogen-bond donors (Lipinski definition) is 2. The summed E-state index contributed by atoms with van der Waals surface area (Å²) in [6, 6.07) is 7.10. The van der Waals surface area contributed by atoms with Gasteiger partial charge in [-0.05, 0) is 18.6 Å². The molecular formula is C13H21ClN2O3. The van der Waals surface area contributed by atoms with Crippen LogP contribution in [-0.2, 0) is 9.53 Å². The lowest BCUT2D eigenvalue weighted by atomic mass is 10.2. The lowest BCUT2D eigenvalue weighted by molar-refractivity contribution is -0.123. The van der Waals surface area contributed by atoms with E-state index in [1.165, 1.54) is 7.11 Å². The third kappa shape index (κ3) is 6.42. The number of ether oxygens (including phenoxy) is 2. The van der Waals surface area contributed by atoms with Gasteiger partial charge in [0.1, 0.15) is 18.4 Å². The molecule has 3 N–H and O–H groups in total. The number of aryl methyl sites for hydroxylation is 1. The van der Waals surface area contributed by atoms with E-state index in [9.17, 15) is 4.79 Å². The minimum absolute atomic E-state index is 0. The second-order valence-electron chi connectivity index (χ2n) is 3.97. The van der Waals surface area contributed by atoms with Crippen molar-refractivity contribution in [2.24, 2.45) is 5.73 Å². The Bertz CT molecular complexity index is 388. The summed E-state index contributed by atoms with van der Waals surface area (Å²) in [4.78, 5) is 11.4. The Morgan fingerprint density at radius 3 is 2.74 bits per heavy atom. The topological polar surface area (TPSA) is 73.6 Å². The number of carbonyl (C=O) groups excluding carboxylic acids is 1. The molecule has 0 heterocycles. The molecule has 0 radical (unpaired) electrons. The Balaban J connectivity index is 0.00000324. The molecule has 1 atom stereocenters. The van der Waals surface area contributed by atoms with E-state index >= 15 is 0 Å². The van der Waals surface area contributed by atoms with Gasteiger partial charge in [0.05, 0.1) is 13.2 Å². The highest BCUT2D eigenvalue weighted by Gasteiger charge is 2.11. The van der Waals surface area contributed by atoms with E-state index in [1.807, 2.05) is 31.2 Å². The van der Waals surface area contributed by atoms with Crippen LogP contribution >= 0.6 is 12.4 Å².